The van der Waals surface area contributed by atoms with Crippen LogP contribution in [0.2, 0.25) is 0 Å². The molecule has 8 rings (SSSR count). The Bertz CT molecular complexity index is 1850. The molecule has 0 radical (unpaired) electrons. The summed E-state index contributed by atoms with van der Waals surface area (Å²) in [5.74, 6) is 2.20. The molecule has 0 aliphatic carbocycles. The molecule has 0 spiro atoms. The van der Waals surface area contributed by atoms with Crippen LogP contribution in [0, 0.1) is 0 Å². The van der Waals surface area contributed by atoms with E-state index >= 15 is 0 Å². The number of nitrogens with zero attached hydrogens (tertiary/aromatic N) is 4. The number of pyridine rings is 2. The van der Waals surface area contributed by atoms with Crippen LogP contribution in [0.15, 0.2) is 106 Å². The van der Waals surface area contributed by atoms with Crippen molar-refractivity contribution in [1.82, 2.24) is 0 Å². The monoisotopic (exact) mass is 894 g/mol. The Labute approximate surface area is 347 Å². The lowest BCUT2D eigenvalue weighted by molar-refractivity contribution is -0.662. The van der Waals surface area contributed by atoms with E-state index in [0.29, 0.717) is 0 Å². The first-order valence-electron chi connectivity index (χ1n) is 18.5. The fourth-order valence-electron chi connectivity index (χ4n) is 7.57. The average molecular weight is 897 g/mol. The Kier molecular flexibility index (Phi) is 14.8. The van der Waals surface area contributed by atoms with Crippen molar-refractivity contribution in [1.29, 1.82) is 0 Å². The minimum Gasteiger partial charge on any atom is -1.00 e. The summed E-state index contributed by atoms with van der Waals surface area (Å²) in [6, 6.07) is 27.8. The van der Waals surface area contributed by atoms with Crippen molar-refractivity contribution >= 4 is 78.0 Å². The van der Waals surface area contributed by atoms with Gasteiger partial charge in [-0.15, -0.1) is 46.2 Å². The highest BCUT2D eigenvalue weighted by molar-refractivity contribution is 8.03. The highest BCUT2D eigenvalue weighted by Crippen LogP contribution is 2.33. The molecule has 10 heteroatoms. The van der Waals surface area contributed by atoms with Gasteiger partial charge in [0, 0.05) is 82.9 Å². The first-order valence-corrected chi connectivity index (χ1v) is 22.2. The Balaban J connectivity index is 0.00000232. The van der Waals surface area contributed by atoms with Gasteiger partial charge in [0.2, 0.25) is 11.0 Å². The molecule has 0 N–H and O–H groups in total. The third kappa shape index (κ3) is 9.58. The van der Waals surface area contributed by atoms with Gasteiger partial charge in [0.25, 0.3) is 0 Å². The molecule has 0 bridgehead atoms. The van der Waals surface area contributed by atoms with E-state index in [-0.39, 0.29) is 34.0 Å². The van der Waals surface area contributed by atoms with Crippen LogP contribution in [-0.2, 0) is 13.1 Å². The van der Waals surface area contributed by atoms with E-state index in [1.165, 1.54) is 130 Å². The van der Waals surface area contributed by atoms with E-state index in [2.05, 4.69) is 115 Å². The predicted molar refractivity (Wildman–Crippen MR) is 218 cm³/mol. The van der Waals surface area contributed by atoms with E-state index in [1.807, 2.05) is 46.2 Å². The maximum Gasteiger partial charge on any atom is 0.225 e. The van der Waals surface area contributed by atoms with Crippen LogP contribution < -0.4 is 52.9 Å². The molecule has 2 aromatic carbocycles. The first-order chi connectivity index (χ1) is 24.8. The van der Waals surface area contributed by atoms with Crippen LogP contribution in [0.4, 0.5) is 11.4 Å². The van der Waals surface area contributed by atoms with Crippen molar-refractivity contribution in [3.8, 4) is 0 Å². The van der Waals surface area contributed by atoms with E-state index in [1.54, 1.807) is 0 Å². The molecule has 4 aromatic heterocycles. The second-order valence-corrected chi connectivity index (χ2v) is 17.9. The lowest BCUT2D eigenvalue weighted by Gasteiger charge is -2.22. The summed E-state index contributed by atoms with van der Waals surface area (Å²) < 4.78 is 7.71. The number of benzene rings is 2. The second-order valence-electron chi connectivity index (χ2n) is 13.7. The molecular weight excluding hydrogens is 849 g/mol. The minimum atomic E-state index is 0. The van der Waals surface area contributed by atoms with Gasteiger partial charge in [-0.3, -0.25) is 0 Å². The minimum absolute atomic E-state index is 0. The third-order valence-corrected chi connectivity index (χ3v) is 14.4. The van der Waals surface area contributed by atoms with Crippen LogP contribution in [-0.4, -0.2) is 37.7 Å². The molecule has 2 saturated heterocycles. The van der Waals surface area contributed by atoms with Crippen molar-refractivity contribution in [2.75, 3.05) is 47.5 Å². The molecule has 0 unspecified atom stereocenters. The number of anilines is 2. The van der Waals surface area contributed by atoms with Crippen LogP contribution in [0.1, 0.15) is 62.5 Å². The molecule has 2 aliphatic heterocycles. The molecule has 4 nitrogen and oxygen atoms in total. The van der Waals surface area contributed by atoms with Gasteiger partial charge in [-0.1, -0.05) is 49.9 Å². The van der Waals surface area contributed by atoms with Crippen molar-refractivity contribution in [2.45, 2.75) is 74.2 Å². The Hall–Kier alpha value is -2.08. The molecule has 6 aromatic rings. The first kappa shape index (κ1) is 39.6. The number of hydrogen-bond acceptors (Lipinski definition) is 6. The van der Waals surface area contributed by atoms with E-state index in [0.717, 1.165) is 24.6 Å². The second kappa shape index (κ2) is 19.5. The topological polar surface area (TPSA) is 14.2 Å². The van der Waals surface area contributed by atoms with Crippen LogP contribution >= 0.6 is 46.2 Å². The zero-order chi connectivity index (χ0) is 33.5. The van der Waals surface area contributed by atoms with Crippen LogP contribution in [0.3, 0.4) is 0 Å². The summed E-state index contributed by atoms with van der Waals surface area (Å²) in [5, 5.41) is 4.51. The molecule has 274 valence electrons. The van der Waals surface area contributed by atoms with Crippen molar-refractivity contribution in [3.05, 3.63) is 107 Å². The van der Waals surface area contributed by atoms with Gasteiger partial charge in [0.15, 0.2) is 25.5 Å². The molecule has 0 amide bonds. The summed E-state index contributed by atoms with van der Waals surface area (Å²) in [4.78, 5) is 7.94. The number of fused-ring (bicyclic) bond motifs is 2. The average Bonchev–Trinajstić information content (AvgIpc) is 3.68. The molecular formula is C42H48Br2N4S4. The number of thiophene rings is 2. The number of thioether (sulfide) groups is 2. The molecule has 0 atom stereocenters. The molecule has 0 saturated carbocycles. The molecule has 6 heterocycles. The molecule has 2 aliphatic rings. The largest absolute Gasteiger partial charge is 1.00 e. The van der Waals surface area contributed by atoms with E-state index < -0.39 is 0 Å². The fraction of sp³-hybridized carbons (Fsp3) is 0.381. The van der Waals surface area contributed by atoms with Gasteiger partial charge in [-0.05, 0) is 60.7 Å². The number of aromatic nitrogens is 2. The van der Waals surface area contributed by atoms with Crippen molar-refractivity contribution in [2.24, 2.45) is 0 Å². The number of rotatable bonds is 11. The van der Waals surface area contributed by atoms with E-state index in [4.69, 9.17) is 0 Å². The maximum atomic E-state index is 2.62. The highest BCUT2D eigenvalue weighted by Gasteiger charge is 2.21. The molecule has 2 fully saturated rings. The summed E-state index contributed by atoms with van der Waals surface area (Å²) in [7, 11) is 0. The van der Waals surface area contributed by atoms with Crippen LogP contribution in [0.25, 0.3) is 20.4 Å². The quantitative estimate of drug-likeness (QED) is 0.109. The summed E-state index contributed by atoms with van der Waals surface area (Å²) in [5.41, 5.74) is 8.28. The van der Waals surface area contributed by atoms with Crippen molar-refractivity contribution < 1.29 is 43.1 Å². The molecule has 52 heavy (non-hydrogen) atoms. The maximum absolute atomic E-state index is 2.62. The Morgan fingerprint density at radius 3 is 1.25 bits per heavy atom. The highest BCUT2D eigenvalue weighted by atomic mass is 79.9. The van der Waals surface area contributed by atoms with Gasteiger partial charge in [-0.2, -0.15) is 9.13 Å². The lowest BCUT2D eigenvalue weighted by Crippen LogP contribution is -3.00. The smallest absolute Gasteiger partial charge is 0.225 e. The van der Waals surface area contributed by atoms with Gasteiger partial charge >= 0.3 is 0 Å². The summed E-state index contributed by atoms with van der Waals surface area (Å²) in [6.45, 7) is 6.57. The normalized spacial score (nSPS) is 15.2. The lowest BCUT2D eigenvalue weighted by atomic mass is 10.2. The number of hydrogen-bond donors (Lipinski definition) is 0. The van der Waals surface area contributed by atoms with Gasteiger partial charge < -0.3 is 43.8 Å². The zero-order valence-corrected chi connectivity index (χ0v) is 36.2. The number of halogens is 2. The Morgan fingerprint density at radius 1 is 0.481 bits per heavy atom. The third-order valence-electron chi connectivity index (χ3n) is 10.3. The van der Waals surface area contributed by atoms with Gasteiger partial charge in [0.1, 0.15) is 9.40 Å². The fourth-order valence-corrected chi connectivity index (χ4v) is 11.3. The standard InChI is InChI=1S/C42H48N4S4.2BrH/c1-2-6-22-43(21-5-1)37-17-25-45(39-19-27-49-41(37)39)31-33-9-13-35(14-10-33)47-29-30-48-36-15-11-34(12-16-36)32-46-26-18-38(42-40(46)20-28-50-42)44-23-7-3-4-8-24-44;;/h9-20,25-28H,1-8,21-24,29-32H2;2*1H/q+2;;/p-2. The van der Waals surface area contributed by atoms with E-state index in [9.17, 15) is 0 Å². The van der Waals surface area contributed by atoms with Crippen LogP contribution in [0.5, 0.6) is 0 Å². The zero-order valence-electron chi connectivity index (χ0n) is 29.7. The summed E-state index contributed by atoms with van der Waals surface area (Å²) >= 11 is 7.70. The van der Waals surface area contributed by atoms with Gasteiger partial charge in [-0.25, -0.2) is 0 Å². The van der Waals surface area contributed by atoms with Gasteiger partial charge in [0.05, 0.1) is 11.4 Å². The predicted octanol–water partition coefficient (Wildman–Crippen LogP) is 4.44. The summed E-state index contributed by atoms with van der Waals surface area (Å²) in [6.07, 6.45) is 15.3. The SMILES string of the molecule is [Br-].[Br-].c1cc2c(s1)c(N1CCCCCC1)cc[n+]2Cc1ccc(SCCSc2ccc(C[n+]3ccc(N4CCCCCC4)c4sccc43)cc2)cc1. The van der Waals surface area contributed by atoms with Crippen molar-refractivity contribution in [3.63, 3.8) is 0 Å². The Morgan fingerprint density at radius 2 is 0.865 bits per heavy atom.